The van der Waals surface area contributed by atoms with Gasteiger partial charge < -0.3 is 10.2 Å². The number of fused-ring (bicyclic) bond motifs is 6. The highest BCUT2D eigenvalue weighted by Gasteiger charge is 2.68. The number of hydrogen-bond donors (Lipinski definition) is 2. The molecule has 40 heavy (non-hydrogen) atoms. The van der Waals surface area contributed by atoms with Crippen LogP contribution in [-0.4, -0.2) is 53.2 Å². The zero-order chi connectivity index (χ0) is 27.7. The van der Waals surface area contributed by atoms with Gasteiger partial charge in [-0.25, -0.2) is 9.97 Å². The lowest BCUT2D eigenvalue weighted by Crippen LogP contribution is -2.62. The molecule has 2 N–H and O–H groups in total. The van der Waals surface area contributed by atoms with Crippen LogP contribution in [0.25, 0.3) is 6.08 Å². The van der Waals surface area contributed by atoms with E-state index in [1.165, 1.54) is 60.7 Å². The zero-order valence-electron chi connectivity index (χ0n) is 23.8. The quantitative estimate of drug-likeness (QED) is 0.370. The summed E-state index contributed by atoms with van der Waals surface area (Å²) in [4.78, 5) is 22.0. The molecule has 4 saturated carbocycles. The molecule has 2 aromatic heterocycles. The summed E-state index contributed by atoms with van der Waals surface area (Å²) in [6, 6.07) is 2.26. The van der Waals surface area contributed by atoms with Gasteiger partial charge in [0.2, 0.25) is 0 Å². The number of aromatic nitrogens is 4. The Morgan fingerprint density at radius 1 is 1.12 bits per heavy atom. The van der Waals surface area contributed by atoms with Crippen molar-refractivity contribution in [2.45, 2.75) is 107 Å². The molecule has 0 spiro atoms. The number of ketones is 1. The molecule has 8 heteroatoms. The molecule has 0 aliphatic heterocycles. The van der Waals surface area contributed by atoms with Crippen LogP contribution >= 0.6 is 11.8 Å². The van der Waals surface area contributed by atoms with Crippen LogP contribution in [0.1, 0.15) is 95.4 Å². The van der Waals surface area contributed by atoms with Gasteiger partial charge in [0.1, 0.15) is 5.60 Å². The molecule has 0 bridgehead atoms. The number of hydrogen-bond acceptors (Lipinski definition) is 7. The lowest BCUT2D eigenvalue weighted by atomic mass is 9.45. The summed E-state index contributed by atoms with van der Waals surface area (Å²) in [5, 5.41) is 29.4. The summed E-state index contributed by atoms with van der Waals surface area (Å²) < 4.78 is 2.31. The van der Waals surface area contributed by atoms with E-state index in [1.807, 2.05) is 0 Å². The van der Waals surface area contributed by atoms with Crippen molar-refractivity contribution in [3.8, 4) is 0 Å². The number of thioether (sulfide) groups is 1. The van der Waals surface area contributed by atoms with Gasteiger partial charge in [0.25, 0.3) is 0 Å². The van der Waals surface area contributed by atoms with Gasteiger partial charge in [-0.05, 0) is 92.2 Å². The van der Waals surface area contributed by atoms with Crippen LogP contribution < -0.4 is 0 Å². The van der Waals surface area contributed by atoms with E-state index in [0.29, 0.717) is 24.0 Å². The fraction of sp³-hybridized carbons (Fsp3) is 0.688. The average molecular weight is 563 g/mol. The predicted molar refractivity (Wildman–Crippen MR) is 155 cm³/mol. The number of Topliss-reactive ketones (excluding diaryl/α,β-unsaturated/α-hetero) is 1. The van der Waals surface area contributed by atoms with Crippen molar-refractivity contribution in [1.29, 1.82) is 0 Å². The summed E-state index contributed by atoms with van der Waals surface area (Å²) >= 11 is 1.29. The summed E-state index contributed by atoms with van der Waals surface area (Å²) in [6.07, 6.45) is 18.3. The molecular formula is C32H42N4O3S. The monoisotopic (exact) mass is 562 g/mol. The summed E-state index contributed by atoms with van der Waals surface area (Å²) in [5.41, 5.74) is 1.90. The van der Waals surface area contributed by atoms with Crippen LogP contribution in [0, 0.1) is 28.6 Å². The molecule has 2 heterocycles. The van der Waals surface area contributed by atoms with Crippen molar-refractivity contribution in [3.05, 3.63) is 41.5 Å². The summed E-state index contributed by atoms with van der Waals surface area (Å²) in [6.45, 7) is 4.44. The van der Waals surface area contributed by atoms with Gasteiger partial charge in [0.15, 0.2) is 10.9 Å². The van der Waals surface area contributed by atoms with Gasteiger partial charge in [0, 0.05) is 17.8 Å². The molecule has 4 fully saturated rings. The van der Waals surface area contributed by atoms with E-state index in [2.05, 4.69) is 40.8 Å². The van der Waals surface area contributed by atoms with E-state index >= 15 is 0 Å². The first-order chi connectivity index (χ1) is 19.2. The third kappa shape index (κ3) is 3.92. The molecule has 0 aromatic carbocycles. The van der Waals surface area contributed by atoms with Crippen molar-refractivity contribution in [2.24, 2.45) is 28.6 Å². The third-order valence-corrected chi connectivity index (χ3v) is 12.7. The maximum absolute atomic E-state index is 13.6. The van der Waals surface area contributed by atoms with Crippen LogP contribution in [0.15, 0.2) is 35.4 Å². The van der Waals surface area contributed by atoms with E-state index in [4.69, 9.17) is 5.10 Å². The molecule has 0 amide bonds. The molecule has 0 saturated heterocycles. The minimum Gasteiger partial charge on any atom is -0.393 e. The zero-order valence-corrected chi connectivity index (χ0v) is 24.6. The minimum atomic E-state index is -1.43. The number of nitrogens with zero attached hydrogens (tertiary/aromatic N) is 4. The Morgan fingerprint density at radius 3 is 2.67 bits per heavy atom. The molecule has 5 unspecified atom stereocenters. The normalized spacial score (nSPS) is 39.0. The molecule has 0 radical (unpaired) electrons. The Balaban J connectivity index is 1.14. The number of allylic oxidation sites excluding steroid dienone is 1. The van der Waals surface area contributed by atoms with Crippen LogP contribution in [-0.2, 0) is 11.2 Å². The van der Waals surface area contributed by atoms with Gasteiger partial charge in [0.05, 0.1) is 29.8 Å². The van der Waals surface area contributed by atoms with Crippen molar-refractivity contribution in [1.82, 2.24) is 19.7 Å². The second kappa shape index (κ2) is 9.77. The van der Waals surface area contributed by atoms with Crippen LogP contribution in [0.5, 0.6) is 0 Å². The Hall–Kier alpha value is -2.03. The van der Waals surface area contributed by atoms with E-state index in [9.17, 15) is 15.0 Å². The minimum absolute atomic E-state index is 0.123. The highest BCUT2D eigenvalue weighted by atomic mass is 32.2. The number of carbonyl (C=O) groups excluding carboxylic acids is 1. The van der Waals surface area contributed by atoms with Gasteiger partial charge in [-0.15, -0.1) is 0 Å². The van der Waals surface area contributed by atoms with Crippen molar-refractivity contribution in [3.63, 3.8) is 0 Å². The SMILES string of the molecule is CC12Cc3cnn(C4CCCCC4)c3C=C1CCC1C2[C@@H](O)CC2(C)C1CC[C@]2(O)C(=O)CSc1ncccn1. The van der Waals surface area contributed by atoms with E-state index in [0.717, 1.165) is 25.7 Å². The lowest BCUT2D eigenvalue weighted by molar-refractivity contribution is -0.177. The molecule has 214 valence electrons. The number of rotatable bonds is 5. The maximum Gasteiger partial charge on any atom is 0.187 e. The lowest BCUT2D eigenvalue weighted by Gasteiger charge is -2.60. The maximum atomic E-state index is 13.6. The number of carbonyl (C=O) groups is 1. The van der Waals surface area contributed by atoms with Crippen molar-refractivity contribution >= 4 is 23.6 Å². The standard InChI is InChI=1S/C32H42N4O3S/c1-30-16-20-18-35-36(22-7-4-3-5-8-22)25(20)15-21(30)9-10-23-24-11-12-32(39,31(24,2)17-26(37)28(23)30)27(38)19-40-29-33-13-6-14-34-29/h6,13-15,18,22-24,26,28,37,39H,3-5,7-12,16-17,19H2,1-2H3/t23?,24?,26-,28?,30?,31?,32-/m0/s1. The van der Waals surface area contributed by atoms with Crippen LogP contribution in [0.2, 0.25) is 0 Å². The summed E-state index contributed by atoms with van der Waals surface area (Å²) in [7, 11) is 0. The molecule has 7 atom stereocenters. The second-order valence-electron chi connectivity index (χ2n) is 13.7. The van der Waals surface area contributed by atoms with Gasteiger partial charge in [-0.1, -0.05) is 50.4 Å². The first kappa shape index (κ1) is 26.8. The van der Waals surface area contributed by atoms with Crippen LogP contribution in [0.4, 0.5) is 0 Å². The van der Waals surface area contributed by atoms with Crippen molar-refractivity contribution < 1.29 is 15.0 Å². The second-order valence-corrected chi connectivity index (χ2v) is 14.7. The average Bonchev–Trinajstić information content (AvgIpc) is 3.48. The molecule has 7 rings (SSSR count). The van der Waals surface area contributed by atoms with E-state index in [-0.39, 0.29) is 34.7 Å². The van der Waals surface area contributed by atoms with Gasteiger partial charge in [-0.3, -0.25) is 9.48 Å². The number of aliphatic hydroxyl groups excluding tert-OH is 1. The number of aliphatic hydroxyl groups is 2. The van der Waals surface area contributed by atoms with Gasteiger partial charge in [-0.2, -0.15) is 5.10 Å². The topological polar surface area (TPSA) is 101 Å². The van der Waals surface area contributed by atoms with Crippen LogP contribution in [0.3, 0.4) is 0 Å². The Labute approximate surface area is 241 Å². The summed E-state index contributed by atoms with van der Waals surface area (Å²) in [5.74, 6) is 0.628. The Bertz CT molecular complexity index is 1320. The Kier molecular flexibility index (Phi) is 6.56. The Morgan fingerprint density at radius 2 is 1.90 bits per heavy atom. The predicted octanol–water partition coefficient (Wildman–Crippen LogP) is 5.42. The molecular weight excluding hydrogens is 520 g/mol. The van der Waals surface area contributed by atoms with Crippen molar-refractivity contribution in [2.75, 3.05) is 5.75 Å². The molecule has 7 nitrogen and oxygen atoms in total. The van der Waals surface area contributed by atoms with E-state index in [1.54, 1.807) is 18.5 Å². The largest absolute Gasteiger partial charge is 0.393 e. The first-order valence-electron chi connectivity index (χ1n) is 15.4. The van der Waals surface area contributed by atoms with Gasteiger partial charge >= 0.3 is 0 Å². The molecule has 2 aromatic rings. The smallest absolute Gasteiger partial charge is 0.187 e. The first-order valence-corrected chi connectivity index (χ1v) is 16.3. The third-order valence-electron chi connectivity index (χ3n) is 11.9. The van der Waals surface area contributed by atoms with E-state index < -0.39 is 17.1 Å². The highest BCUT2D eigenvalue weighted by Crippen LogP contribution is 2.67. The molecule has 5 aliphatic carbocycles. The fourth-order valence-corrected chi connectivity index (χ4v) is 10.7. The molecule has 5 aliphatic rings. The fourth-order valence-electron chi connectivity index (χ4n) is 9.89. The highest BCUT2D eigenvalue weighted by molar-refractivity contribution is 7.99.